The maximum absolute atomic E-state index is 13.1. The van der Waals surface area contributed by atoms with Gasteiger partial charge in [-0.05, 0) is 59.7 Å². The predicted molar refractivity (Wildman–Crippen MR) is 226 cm³/mol. The van der Waals surface area contributed by atoms with E-state index in [2.05, 4.69) is 41.9 Å². The Hall–Kier alpha value is -8.56. The van der Waals surface area contributed by atoms with Crippen LogP contribution in [0.25, 0.3) is 22.3 Å². The number of hydrogen-bond donors (Lipinski definition) is 10. The molecule has 6 rings (SSSR count). The molecule has 0 fully saturated rings. The van der Waals surface area contributed by atoms with Crippen LogP contribution in [0.2, 0.25) is 0 Å². The van der Waals surface area contributed by atoms with Gasteiger partial charge in [0, 0.05) is 48.7 Å². The number of amides is 8. The molecule has 0 saturated heterocycles. The Morgan fingerprint density at radius 3 is 1.09 bits per heavy atom. The highest BCUT2D eigenvalue weighted by Crippen LogP contribution is 2.36. The average molecular weight is 891 g/mol. The van der Waals surface area contributed by atoms with Gasteiger partial charge in [0.05, 0.1) is 33.6 Å². The highest BCUT2D eigenvalue weighted by molar-refractivity contribution is 6.09. The van der Waals surface area contributed by atoms with Gasteiger partial charge < -0.3 is 53.3 Å². The third-order valence-electron chi connectivity index (χ3n) is 8.72. The van der Waals surface area contributed by atoms with Crippen molar-refractivity contribution in [2.75, 3.05) is 31.9 Å². The van der Waals surface area contributed by atoms with E-state index in [1.807, 2.05) is 0 Å². The molecular formula is C42H36F6N10O6. The van der Waals surface area contributed by atoms with E-state index in [9.17, 15) is 55.1 Å². The van der Waals surface area contributed by atoms with E-state index in [-0.39, 0.29) is 34.1 Å². The van der Waals surface area contributed by atoms with Crippen LogP contribution in [0.15, 0.2) is 109 Å². The van der Waals surface area contributed by atoms with Crippen LogP contribution in [-0.4, -0.2) is 45.7 Å². The van der Waals surface area contributed by atoms with Crippen LogP contribution in [0.5, 0.6) is 0 Å². The predicted octanol–water partition coefficient (Wildman–Crippen LogP) is 8.80. The number of anilines is 6. The lowest BCUT2D eigenvalue weighted by molar-refractivity contribution is -0.137. The van der Waals surface area contributed by atoms with Gasteiger partial charge in [-0.2, -0.15) is 26.3 Å². The number of rotatable bonds is 10. The quantitative estimate of drug-likeness (QED) is 0.0601. The average Bonchev–Trinajstić information content (AvgIpc) is 3.82. The summed E-state index contributed by atoms with van der Waals surface area (Å²) in [7, 11) is 0. The number of aromatic amines is 2. The van der Waals surface area contributed by atoms with Crippen molar-refractivity contribution in [1.82, 2.24) is 9.97 Å². The van der Waals surface area contributed by atoms with E-state index in [1.54, 1.807) is 24.3 Å². The first kappa shape index (κ1) is 46.5. The van der Waals surface area contributed by atoms with Crippen LogP contribution < -0.4 is 43.4 Å². The fourth-order valence-electron chi connectivity index (χ4n) is 6.08. The van der Waals surface area contributed by atoms with Crippen LogP contribution in [0.3, 0.4) is 0 Å². The molecule has 0 radical (unpaired) electrons. The molecule has 0 aliphatic heterocycles. The van der Waals surface area contributed by atoms with Crippen molar-refractivity contribution in [3.63, 3.8) is 0 Å². The monoisotopic (exact) mass is 890 g/mol. The minimum Gasteiger partial charge on any atom is -0.365 e. The van der Waals surface area contributed by atoms with Gasteiger partial charge in [-0.25, -0.2) is 9.59 Å². The Labute approximate surface area is 358 Å². The third kappa shape index (κ3) is 11.8. The number of benzene rings is 4. The molecule has 0 spiro atoms. The van der Waals surface area contributed by atoms with Gasteiger partial charge in [0.25, 0.3) is 11.8 Å². The maximum Gasteiger partial charge on any atom is 0.418 e. The molecule has 0 bridgehead atoms. The van der Waals surface area contributed by atoms with Crippen LogP contribution in [0.4, 0.5) is 70.3 Å². The number of primary amides is 2. The molecule has 22 heteroatoms. The van der Waals surface area contributed by atoms with Crippen LogP contribution in [0.1, 0.15) is 45.7 Å². The summed E-state index contributed by atoms with van der Waals surface area (Å²) in [6.45, 7) is 2.56. The van der Waals surface area contributed by atoms with Gasteiger partial charge in [0.1, 0.15) is 11.6 Å². The number of nitrogens with two attached hydrogens (primary N) is 2. The molecule has 0 unspecified atom stereocenters. The summed E-state index contributed by atoms with van der Waals surface area (Å²) in [6.07, 6.45) is -6.24. The van der Waals surface area contributed by atoms with E-state index >= 15 is 0 Å². The van der Waals surface area contributed by atoms with E-state index < -0.39 is 59.2 Å². The zero-order chi connectivity index (χ0) is 46.9. The van der Waals surface area contributed by atoms with Gasteiger partial charge in [0.2, 0.25) is 11.8 Å². The Bertz CT molecular complexity index is 2530. The van der Waals surface area contributed by atoms with Crippen molar-refractivity contribution in [2.45, 2.75) is 26.2 Å². The number of nitrogens with one attached hydrogen (secondary N) is 8. The van der Waals surface area contributed by atoms with Gasteiger partial charge in [-0.3, -0.25) is 19.2 Å². The number of alkyl halides is 6. The fourth-order valence-corrected chi connectivity index (χ4v) is 6.08. The number of aromatic nitrogens is 2. The second-order valence-corrected chi connectivity index (χ2v) is 13.4. The summed E-state index contributed by atoms with van der Waals surface area (Å²) >= 11 is 0. The van der Waals surface area contributed by atoms with E-state index in [1.165, 1.54) is 74.8 Å². The SMILES string of the molecule is CC(=O)Nc1[nH]cc(-c2ccc(NC(=O)Nc3ccccc3C(F)(F)F)cc2)c1C(N)=O.CC(=O)Nc1[nH]cc(-c2ccc(NC(=O)Nc3ccccc3C(F)(F)F)cc2)c1C(N)=O. The minimum atomic E-state index is -4.61. The summed E-state index contributed by atoms with van der Waals surface area (Å²) in [5, 5.41) is 14.2. The van der Waals surface area contributed by atoms with Crippen molar-refractivity contribution in [3.8, 4) is 22.3 Å². The summed E-state index contributed by atoms with van der Waals surface area (Å²) in [5.74, 6) is -1.98. The zero-order valence-electron chi connectivity index (χ0n) is 33.3. The molecule has 8 amide bonds. The normalized spacial score (nSPS) is 11.0. The molecule has 64 heavy (non-hydrogen) atoms. The van der Waals surface area contributed by atoms with Crippen LogP contribution >= 0.6 is 0 Å². The van der Waals surface area contributed by atoms with E-state index in [0.717, 1.165) is 24.3 Å². The topological polar surface area (TPSA) is 258 Å². The fraction of sp³-hybridized carbons (Fsp3) is 0.0952. The molecular weight excluding hydrogens is 855 g/mol. The first-order chi connectivity index (χ1) is 30.1. The third-order valence-corrected chi connectivity index (χ3v) is 8.72. The number of para-hydroxylation sites is 2. The molecule has 0 atom stereocenters. The molecule has 0 aliphatic rings. The van der Waals surface area contributed by atoms with Gasteiger partial charge >= 0.3 is 24.4 Å². The Morgan fingerprint density at radius 2 is 0.797 bits per heavy atom. The minimum absolute atomic E-state index is 0.0856. The van der Waals surface area contributed by atoms with Crippen molar-refractivity contribution >= 4 is 70.1 Å². The van der Waals surface area contributed by atoms with Gasteiger partial charge in [0.15, 0.2) is 0 Å². The Balaban J connectivity index is 0.000000241. The van der Waals surface area contributed by atoms with Gasteiger partial charge in [-0.1, -0.05) is 48.5 Å². The van der Waals surface area contributed by atoms with Crippen molar-refractivity contribution in [1.29, 1.82) is 0 Å². The second kappa shape index (κ2) is 19.4. The lowest BCUT2D eigenvalue weighted by Crippen LogP contribution is -2.21. The summed E-state index contributed by atoms with van der Waals surface area (Å²) in [6, 6.07) is 19.8. The van der Waals surface area contributed by atoms with Crippen LogP contribution in [-0.2, 0) is 21.9 Å². The molecule has 2 aromatic heterocycles. The molecule has 4 aromatic carbocycles. The smallest absolute Gasteiger partial charge is 0.365 e. The first-order valence-electron chi connectivity index (χ1n) is 18.4. The molecule has 6 aromatic rings. The Morgan fingerprint density at radius 1 is 0.469 bits per heavy atom. The largest absolute Gasteiger partial charge is 0.418 e. The second-order valence-electron chi connectivity index (χ2n) is 13.4. The standard InChI is InChI=1S/2C21H18F3N5O3/c2*1-11(30)27-19-17(18(25)31)14(10-26-19)12-6-8-13(9-7-12)28-20(32)29-16-5-3-2-4-15(16)21(22,23)24/h2*2-10,26H,1H3,(H2,25,31)(H,27,30)(H2,28,29,32). The van der Waals surface area contributed by atoms with Crippen LogP contribution in [0, 0.1) is 0 Å². The van der Waals surface area contributed by atoms with Crippen molar-refractivity contribution in [3.05, 3.63) is 132 Å². The first-order valence-corrected chi connectivity index (χ1v) is 18.4. The summed E-state index contributed by atoms with van der Waals surface area (Å²) in [5.41, 5.74) is 10.9. The number of urea groups is 2. The number of hydrogen-bond acceptors (Lipinski definition) is 6. The van der Waals surface area contributed by atoms with Crippen molar-refractivity contribution in [2.24, 2.45) is 11.5 Å². The molecule has 16 nitrogen and oxygen atoms in total. The summed E-state index contributed by atoms with van der Waals surface area (Å²) in [4.78, 5) is 76.2. The van der Waals surface area contributed by atoms with Gasteiger partial charge in [-0.15, -0.1) is 0 Å². The molecule has 0 aliphatic carbocycles. The molecule has 0 saturated carbocycles. The lowest BCUT2D eigenvalue weighted by atomic mass is 10.0. The molecule has 332 valence electrons. The highest BCUT2D eigenvalue weighted by atomic mass is 19.4. The summed E-state index contributed by atoms with van der Waals surface area (Å²) < 4.78 is 78.4. The highest BCUT2D eigenvalue weighted by Gasteiger charge is 2.34. The van der Waals surface area contributed by atoms with Crippen molar-refractivity contribution < 1.29 is 55.1 Å². The zero-order valence-corrected chi connectivity index (χ0v) is 33.3. The number of carbonyl (C=O) groups excluding carboxylic acids is 6. The number of H-pyrrole nitrogens is 2. The Kier molecular flexibility index (Phi) is 14.1. The number of halogens is 6. The molecule has 2 heterocycles. The maximum atomic E-state index is 13.1. The number of carbonyl (C=O) groups is 6. The lowest BCUT2D eigenvalue weighted by Gasteiger charge is -2.14. The van der Waals surface area contributed by atoms with E-state index in [0.29, 0.717) is 33.6 Å². The van der Waals surface area contributed by atoms with E-state index in [4.69, 9.17) is 11.5 Å². The molecule has 12 N–H and O–H groups in total.